The number of carbonyl (C=O) groups is 1. The molecule has 0 bridgehead atoms. The van der Waals surface area contributed by atoms with Gasteiger partial charge in [-0.25, -0.2) is 4.39 Å². The number of ether oxygens (including phenoxy) is 1. The van der Waals surface area contributed by atoms with Crippen molar-refractivity contribution in [3.63, 3.8) is 0 Å². The fourth-order valence-electron chi connectivity index (χ4n) is 4.77. The van der Waals surface area contributed by atoms with E-state index < -0.39 is 0 Å². The molecule has 1 fully saturated rings. The van der Waals surface area contributed by atoms with Crippen molar-refractivity contribution in [1.29, 1.82) is 0 Å². The lowest BCUT2D eigenvalue weighted by molar-refractivity contribution is -0.121. The Labute approximate surface area is 166 Å². The summed E-state index contributed by atoms with van der Waals surface area (Å²) in [7, 11) is 0. The first-order valence-corrected chi connectivity index (χ1v) is 10.2. The molecule has 1 aliphatic carbocycles. The van der Waals surface area contributed by atoms with Crippen LogP contribution in [0.25, 0.3) is 0 Å². The maximum atomic E-state index is 14.1. The number of anilines is 1. The Balaban J connectivity index is 1.41. The highest BCUT2D eigenvalue weighted by Crippen LogP contribution is 2.50. The van der Waals surface area contributed by atoms with Crippen molar-refractivity contribution in [1.82, 2.24) is 0 Å². The van der Waals surface area contributed by atoms with Crippen LogP contribution in [0.2, 0.25) is 0 Å². The number of fused-ring (bicyclic) bond motifs is 2. The summed E-state index contributed by atoms with van der Waals surface area (Å²) in [6.45, 7) is 6.63. The van der Waals surface area contributed by atoms with Crippen molar-refractivity contribution in [3.05, 3.63) is 58.9 Å². The van der Waals surface area contributed by atoms with Crippen LogP contribution in [0.4, 0.5) is 10.1 Å². The fraction of sp³-hybridized carbons (Fsp3) is 0.458. The van der Waals surface area contributed by atoms with Crippen LogP contribution in [0, 0.1) is 31.5 Å². The number of carbonyl (C=O) groups excluding carboxylic acids is 1. The van der Waals surface area contributed by atoms with Crippen LogP contribution in [0.1, 0.15) is 49.3 Å². The lowest BCUT2D eigenvalue weighted by Crippen LogP contribution is -2.37. The van der Waals surface area contributed by atoms with Crippen molar-refractivity contribution < 1.29 is 13.9 Å². The zero-order valence-electron chi connectivity index (χ0n) is 16.8. The molecular formula is C24H28FNO2. The molecule has 4 rings (SSSR count). The highest BCUT2D eigenvalue weighted by atomic mass is 19.1. The average Bonchev–Trinajstić information content (AvgIpc) is 3.01. The highest BCUT2D eigenvalue weighted by Gasteiger charge is 2.44. The Morgan fingerprint density at radius 2 is 1.82 bits per heavy atom. The van der Waals surface area contributed by atoms with E-state index >= 15 is 0 Å². The van der Waals surface area contributed by atoms with Crippen LogP contribution in [0.15, 0.2) is 36.4 Å². The number of nitrogens with one attached hydrogen (secondary N) is 1. The minimum Gasteiger partial charge on any atom is -0.492 e. The molecular weight excluding hydrogens is 353 g/mol. The van der Waals surface area contributed by atoms with E-state index in [2.05, 4.69) is 30.4 Å². The van der Waals surface area contributed by atoms with E-state index in [1.807, 2.05) is 19.9 Å². The second kappa shape index (κ2) is 7.23. The van der Waals surface area contributed by atoms with E-state index in [4.69, 9.17) is 4.74 Å². The van der Waals surface area contributed by atoms with E-state index in [1.54, 1.807) is 6.07 Å². The molecule has 1 saturated carbocycles. The number of amides is 1. The number of benzene rings is 2. The van der Waals surface area contributed by atoms with Gasteiger partial charge in [0.25, 0.3) is 0 Å². The van der Waals surface area contributed by atoms with Crippen LogP contribution in [-0.4, -0.2) is 12.5 Å². The number of aryl methyl sites for hydroxylation is 2. The molecule has 1 N–H and O–H groups in total. The van der Waals surface area contributed by atoms with Gasteiger partial charge in [-0.15, -0.1) is 0 Å². The summed E-state index contributed by atoms with van der Waals surface area (Å²) in [5.41, 5.74) is 3.76. The minimum absolute atomic E-state index is 0.0950. The van der Waals surface area contributed by atoms with Crippen LogP contribution >= 0.6 is 0 Å². The molecule has 1 amide bonds. The summed E-state index contributed by atoms with van der Waals surface area (Å²) < 4.78 is 20.1. The summed E-state index contributed by atoms with van der Waals surface area (Å²) in [6, 6.07) is 11.4. The second-order valence-electron chi connectivity index (χ2n) is 8.67. The smallest absolute Gasteiger partial charge is 0.227 e. The van der Waals surface area contributed by atoms with Gasteiger partial charge in [0, 0.05) is 16.9 Å². The molecule has 1 aliphatic heterocycles. The molecule has 2 aromatic rings. The topological polar surface area (TPSA) is 38.3 Å². The van der Waals surface area contributed by atoms with Gasteiger partial charge in [-0.1, -0.05) is 25.1 Å². The monoisotopic (exact) mass is 381 g/mol. The normalized spacial score (nSPS) is 24.5. The number of halogens is 1. The zero-order chi connectivity index (χ0) is 19.9. The van der Waals surface area contributed by atoms with Crippen molar-refractivity contribution in [3.8, 4) is 5.75 Å². The third-order valence-electron chi connectivity index (χ3n) is 6.70. The molecule has 3 nitrogen and oxygen atoms in total. The van der Waals surface area contributed by atoms with Crippen LogP contribution < -0.4 is 10.1 Å². The maximum absolute atomic E-state index is 14.1. The Morgan fingerprint density at radius 3 is 2.54 bits per heavy atom. The average molecular weight is 381 g/mol. The van der Waals surface area contributed by atoms with Crippen LogP contribution in [-0.2, 0) is 10.2 Å². The number of hydrogen-bond donors (Lipinski definition) is 1. The largest absolute Gasteiger partial charge is 0.492 e. The summed E-state index contributed by atoms with van der Waals surface area (Å²) >= 11 is 0. The third-order valence-corrected chi connectivity index (χ3v) is 6.70. The van der Waals surface area contributed by atoms with Gasteiger partial charge in [-0.3, -0.25) is 4.79 Å². The minimum atomic E-state index is -0.377. The molecule has 1 atom stereocenters. The van der Waals surface area contributed by atoms with E-state index in [9.17, 15) is 9.18 Å². The van der Waals surface area contributed by atoms with Gasteiger partial charge in [0.1, 0.15) is 11.6 Å². The summed E-state index contributed by atoms with van der Waals surface area (Å²) in [5, 5.41) is 2.78. The van der Waals surface area contributed by atoms with Crippen molar-refractivity contribution in [2.45, 2.75) is 51.9 Å². The molecule has 2 aliphatic rings. The van der Waals surface area contributed by atoms with Crippen molar-refractivity contribution in [2.75, 3.05) is 11.9 Å². The summed E-state index contributed by atoms with van der Waals surface area (Å²) in [6.07, 6.45) is 4.04. The van der Waals surface area contributed by atoms with Gasteiger partial charge < -0.3 is 10.1 Å². The first-order chi connectivity index (χ1) is 13.4. The zero-order valence-corrected chi connectivity index (χ0v) is 16.8. The quantitative estimate of drug-likeness (QED) is 0.758. The summed E-state index contributed by atoms with van der Waals surface area (Å²) in [4.78, 5) is 12.7. The van der Waals surface area contributed by atoms with Crippen molar-refractivity contribution >= 4 is 11.6 Å². The molecule has 148 valence electrons. The third kappa shape index (κ3) is 3.41. The Kier molecular flexibility index (Phi) is 4.90. The fourth-order valence-corrected chi connectivity index (χ4v) is 4.77. The number of rotatable bonds is 3. The Bertz CT molecular complexity index is 899. The summed E-state index contributed by atoms with van der Waals surface area (Å²) in [5.74, 6) is 0.728. The lowest BCUT2D eigenvalue weighted by atomic mass is 9.65. The van der Waals surface area contributed by atoms with Gasteiger partial charge in [0.15, 0.2) is 0 Å². The SMILES string of the molecule is Cc1ccc(NC(=O)[C@H](C)C2CCC3(CC2)COc2cc(C)ccc23)c(F)c1. The molecule has 2 aromatic carbocycles. The van der Waals surface area contributed by atoms with Gasteiger partial charge in [0.2, 0.25) is 5.91 Å². The van der Waals surface area contributed by atoms with Gasteiger partial charge in [-0.2, -0.15) is 0 Å². The van der Waals surface area contributed by atoms with Gasteiger partial charge >= 0.3 is 0 Å². The lowest BCUT2D eigenvalue weighted by Gasteiger charge is -2.38. The van der Waals surface area contributed by atoms with Crippen LogP contribution in [0.3, 0.4) is 0 Å². The molecule has 0 radical (unpaired) electrons. The first kappa shape index (κ1) is 19.0. The molecule has 4 heteroatoms. The van der Waals surface area contributed by atoms with E-state index in [1.165, 1.54) is 17.2 Å². The predicted octanol–water partition coefficient (Wildman–Crippen LogP) is 5.54. The van der Waals surface area contributed by atoms with Gasteiger partial charge in [0.05, 0.1) is 12.3 Å². The number of hydrogen-bond acceptors (Lipinski definition) is 2. The molecule has 0 aromatic heterocycles. The van der Waals surface area contributed by atoms with E-state index in [0.29, 0.717) is 5.92 Å². The Hall–Kier alpha value is -2.36. The van der Waals surface area contributed by atoms with E-state index in [0.717, 1.165) is 43.6 Å². The van der Waals surface area contributed by atoms with Gasteiger partial charge in [-0.05, 0) is 74.8 Å². The molecule has 28 heavy (non-hydrogen) atoms. The maximum Gasteiger partial charge on any atom is 0.227 e. The first-order valence-electron chi connectivity index (χ1n) is 10.2. The van der Waals surface area contributed by atoms with E-state index in [-0.39, 0.29) is 28.7 Å². The predicted molar refractivity (Wildman–Crippen MR) is 109 cm³/mol. The standard InChI is InChI=1S/C24H28FNO2/c1-15-5-7-21(20(25)12-15)26-23(27)17(3)18-8-10-24(11-9-18)14-28-22-13-16(2)4-6-19(22)24/h4-7,12-13,17-18H,8-11,14H2,1-3H3,(H,26,27)/t17-,18?,24?/m1/s1. The molecule has 1 heterocycles. The second-order valence-corrected chi connectivity index (χ2v) is 8.67. The molecule has 1 spiro atoms. The Morgan fingerprint density at radius 1 is 1.14 bits per heavy atom. The molecule has 0 unspecified atom stereocenters. The van der Waals surface area contributed by atoms with Crippen molar-refractivity contribution in [2.24, 2.45) is 11.8 Å². The highest BCUT2D eigenvalue weighted by molar-refractivity contribution is 5.92. The van der Waals surface area contributed by atoms with Crippen LogP contribution in [0.5, 0.6) is 5.75 Å². The molecule has 0 saturated heterocycles.